The molecule has 2 N–H and O–H groups in total. The van der Waals surface area contributed by atoms with Gasteiger partial charge in [0.1, 0.15) is 11.8 Å². The van der Waals surface area contributed by atoms with Gasteiger partial charge in [-0.1, -0.05) is 30.3 Å². The van der Waals surface area contributed by atoms with Crippen molar-refractivity contribution in [3.05, 3.63) is 59.7 Å². The van der Waals surface area contributed by atoms with Crippen LogP contribution in [-0.4, -0.2) is 36.5 Å². The Morgan fingerprint density at radius 2 is 2.00 bits per heavy atom. The minimum absolute atomic E-state index is 0.0263. The van der Waals surface area contributed by atoms with Gasteiger partial charge in [0.15, 0.2) is 0 Å². The number of carbonyl (C=O) groups excluding carboxylic acids is 2. The van der Waals surface area contributed by atoms with Gasteiger partial charge >= 0.3 is 6.03 Å². The third-order valence-electron chi connectivity index (χ3n) is 5.04. The third-order valence-corrected chi connectivity index (χ3v) is 5.04. The maximum Gasteiger partial charge on any atom is 0.319 e. The van der Waals surface area contributed by atoms with E-state index < -0.39 is 6.04 Å². The molecule has 2 aromatic rings. The zero-order chi connectivity index (χ0) is 19.9. The Morgan fingerprint density at radius 1 is 1.18 bits per heavy atom. The van der Waals surface area contributed by atoms with Crippen molar-refractivity contribution in [1.29, 1.82) is 0 Å². The Kier molecular flexibility index (Phi) is 6.53. The number of amides is 3. The number of nitrogens with one attached hydrogen (secondary N) is 2. The van der Waals surface area contributed by atoms with E-state index in [-0.39, 0.29) is 11.9 Å². The number of carbonyl (C=O) groups is 2. The number of ether oxygens (including phenoxy) is 1. The minimum atomic E-state index is -0.517. The summed E-state index contributed by atoms with van der Waals surface area (Å²) < 4.78 is 5.17. The number of anilines is 1. The van der Waals surface area contributed by atoms with E-state index >= 15 is 0 Å². The van der Waals surface area contributed by atoms with Crippen LogP contribution in [0.4, 0.5) is 10.5 Å². The predicted octanol–water partition coefficient (Wildman–Crippen LogP) is 3.71. The zero-order valence-corrected chi connectivity index (χ0v) is 16.4. The fraction of sp³-hybridized carbons (Fsp3) is 0.364. The zero-order valence-electron chi connectivity index (χ0n) is 16.4. The van der Waals surface area contributed by atoms with Crippen molar-refractivity contribution in [2.24, 2.45) is 0 Å². The Hall–Kier alpha value is -3.02. The van der Waals surface area contributed by atoms with Crippen LogP contribution >= 0.6 is 0 Å². The van der Waals surface area contributed by atoms with Crippen LogP contribution in [0, 0.1) is 6.92 Å². The van der Waals surface area contributed by atoms with E-state index in [2.05, 4.69) is 23.6 Å². The first kappa shape index (κ1) is 19.7. The molecule has 0 saturated carbocycles. The van der Waals surface area contributed by atoms with Crippen molar-refractivity contribution in [2.75, 3.05) is 19.0 Å². The van der Waals surface area contributed by atoms with Crippen LogP contribution in [0.5, 0.6) is 5.75 Å². The summed E-state index contributed by atoms with van der Waals surface area (Å²) in [4.78, 5) is 27.3. The molecule has 1 fully saturated rings. The average Bonchev–Trinajstić information content (AvgIpc) is 2.86. The van der Waals surface area contributed by atoms with Gasteiger partial charge in [-0.05, 0) is 49.4 Å². The quantitative estimate of drug-likeness (QED) is 0.829. The second-order valence-electron chi connectivity index (χ2n) is 7.07. The molecule has 1 aliphatic heterocycles. The van der Waals surface area contributed by atoms with Crippen molar-refractivity contribution in [3.63, 3.8) is 0 Å². The molecule has 6 nitrogen and oxygen atoms in total. The van der Waals surface area contributed by atoms with Crippen LogP contribution in [0.1, 0.15) is 30.4 Å². The SMILES string of the molecule is COc1cccc(NC(=O)NC2CCCCN(Cc3ccccc3C)C2=O)c1. The Labute approximate surface area is 165 Å². The highest BCUT2D eigenvalue weighted by atomic mass is 16.5. The predicted molar refractivity (Wildman–Crippen MR) is 109 cm³/mol. The lowest BCUT2D eigenvalue weighted by Crippen LogP contribution is -2.48. The topological polar surface area (TPSA) is 70.7 Å². The van der Waals surface area contributed by atoms with Crippen LogP contribution in [0.15, 0.2) is 48.5 Å². The smallest absolute Gasteiger partial charge is 0.319 e. The molecule has 1 unspecified atom stereocenters. The van der Waals surface area contributed by atoms with Gasteiger partial charge in [-0.3, -0.25) is 4.79 Å². The van der Waals surface area contributed by atoms with E-state index in [1.807, 2.05) is 23.1 Å². The summed E-state index contributed by atoms with van der Waals surface area (Å²) in [6.45, 7) is 3.33. The van der Waals surface area contributed by atoms with Gasteiger partial charge in [0.05, 0.1) is 7.11 Å². The van der Waals surface area contributed by atoms with Crippen LogP contribution in [-0.2, 0) is 11.3 Å². The minimum Gasteiger partial charge on any atom is -0.497 e. The molecule has 2 aromatic carbocycles. The molecule has 1 heterocycles. The molecule has 1 saturated heterocycles. The van der Waals surface area contributed by atoms with E-state index in [9.17, 15) is 9.59 Å². The third kappa shape index (κ3) is 5.03. The van der Waals surface area contributed by atoms with Crippen LogP contribution in [0.3, 0.4) is 0 Å². The lowest BCUT2D eigenvalue weighted by molar-refractivity contribution is -0.133. The van der Waals surface area contributed by atoms with E-state index in [1.54, 1.807) is 31.4 Å². The number of aryl methyl sites for hydroxylation is 1. The maximum atomic E-state index is 13.0. The Balaban J connectivity index is 1.64. The molecule has 28 heavy (non-hydrogen) atoms. The largest absolute Gasteiger partial charge is 0.497 e. The van der Waals surface area contributed by atoms with Crippen LogP contribution < -0.4 is 15.4 Å². The van der Waals surface area contributed by atoms with Gasteiger partial charge in [0.2, 0.25) is 5.91 Å². The summed E-state index contributed by atoms with van der Waals surface area (Å²) in [5.74, 6) is 0.634. The summed E-state index contributed by atoms with van der Waals surface area (Å²) in [5, 5.41) is 5.62. The molecule has 3 rings (SSSR count). The van der Waals surface area contributed by atoms with Gasteiger partial charge in [0.25, 0.3) is 0 Å². The van der Waals surface area contributed by atoms with Crippen molar-refractivity contribution in [1.82, 2.24) is 10.2 Å². The summed E-state index contributed by atoms with van der Waals surface area (Å²) in [6, 6.07) is 14.3. The number of rotatable bonds is 5. The average molecular weight is 381 g/mol. The van der Waals surface area contributed by atoms with Crippen molar-refractivity contribution >= 4 is 17.6 Å². The normalized spacial score (nSPS) is 17.0. The first-order valence-electron chi connectivity index (χ1n) is 9.61. The van der Waals surface area contributed by atoms with E-state index in [1.165, 1.54) is 5.56 Å². The summed E-state index contributed by atoms with van der Waals surface area (Å²) in [5.41, 5.74) is 2.92. The number of hydrogen-bond donors (Lipinski definition) is 2. The highest BCUT2D eigenvalue weighted by Crippen LogP contribution is 2.19. The van der Waals surface area contributed by atoms with Crippen LogP contribution in [0.25, 0.3) is 0 Å². The highest BCUT2D eigenvalue weighted by molar-refractivity contribution is 5.94. The first-order valence-corrected chi connectivity index (χ1v) is 9.61. The second-order valence-corrected chi connectivity index (χ2v) is 7.07. The summed E-state index contributed by atoms with van der Waals surface area (Å²) >= 11 is 0. The highest BCUT2D eigenvalue weighted by Gasteiger charge is 2.28. The summed E-state index contributed by atoms with van der Waals surface area (Å²) in [7, 11) is 1.58. The standard InChI is InChI=1S/C22H27N3O3/c1-16-8-3-4-9-17(16)15-25-13-6-5-12-20(21(25)26)24-22(27)23-18-10-7-11-19(14-18)28-2/h3-4,7-11,14,20H,5-6,12-13,15H2,1-2H3,(H2,23,24,27). The number of urea groups is 1. The van der Waals surface area contributed by atoms with Crippen molar-refractivity contribution < 1.29 is 14.3 Å². The Bertz CT molecular complexity index is 837. The number of hydrogen-bond acceptors (Lipinski definition) is 3. The second kappa shape index (κ2) is 9.26. The van der Waals surface area contributed by atoms with E-state index in [4.69, 9.17) is 4.74 Å². The fourth-order valence-electron chi connectivity index (χ4n) is 3.42. The lowest BCUT2D eigenvalue weighted by Gasteiger charge is -2.25. The summed E-state index contributed by atoms with van der Waals surface area (Å²) in [6.07, 6.45) is 2.49. The van der Waals surface area contributed by atoms with Gasteiger partial charge in [0, 0.05) is 24.8 Å². The van der Waals surface area contributed by atoms with Gasteiger partial charge in [-0.15, -0.1) is 0 Å². The van der Waals surface area contributed by atoms with E-state index in [0.29, 0.717) is 30.9 Å². The molecular weight excluding hydrogens is 354 g/mol. The molecule has 6 heteroatoms. The number of nitrogens with zero attached hydrogens (tertiary/aromatic N) is 1. The van der Waals surface area contributed by atoms with Gasteiger partial charge in [-0.25, -0.2) is 4.79 Å². The van der Waals surface area contributed by atoms with Gasteiger partial charge < -0.3 is 20.3 Å². The van der Waals surface area contributed by atoms with Crippen molar-refractivity contribution in [3.8, 4) is 5.75 Å². The molecular formula is C22H27N3O3. The molecule has 0 bridgehead atoms. The number of likely N-dealkylation sites (tertiary alicyclic amines) is 1. The first-order chi connectivity index (χ1) is 13.6. The monoisotopic (exact) mass is 381 g/mol. The lowest BCUT2D eigenvalue weighted by atomic mass is 10.1. The van der Waals surface area contributed by atoms with Gasteiger partial charge in [-0.2, -0.15) is 0 Å². The molecule has 0 spiro atoms. The Morgan fingerprint density at radius 3 is 2.79 bits per heavy atom. The molecule has 0 radical (unpaired) electrons. The molecule has 3 amide bonds. The number of methoxy groups -OCH3 is 1. The molecule has 1 atom stereocenters. The molecule has 148 valence electrons. The molecule has 1 aliphatic rings. The molecule has 0 aliphatic carbocycles. The van der Waals surface area contributed by atoms with Crippen molar-refractivity contribution in [2.45, 2.75) is 38.8 Å². The molecule has 0 aromatic heterocycles. The van der Waals surface area contributed by atoms with Crippen LogP contribution in [0.2, 0.25) is 0 Å². The van der Waals surface area contributed by atoms with E-state index in [0.717, 1.165) is 18.4 Å². The number of benzene rings is 2. The maximum absolute atomic E-state index is 13.0. The fourth-order valence-corrected chi connectivity index (χ4v) is 3.42.